The van der Waals surface area contributed by atoms with Crippen molar-refractivity contribution in [3.63, 3.8) is 0 Å². The van der Waals surface area contributed by atoms with Gasteiger partial charge in [0.05, 0.1) is 0 Å². The molecule has 0 saturated heterocycles. The monoisotopic (exact) mass is 274 g/mol. The minimum atomic E-state index is 0.621. The number of rotatable bonds is 7. The minimum Gasteiger partial charge on any atom is -0.313 e. The lowest BCUT2D eigenvalue weighted by Gasteiger charge is -2.31. The van der Waals surface area contributed by atoms with E-state index in [4.69, 9.17) is 0 Å². The van der Waals surface area contributed by atoms with Crippen LogP contribution in [-0.4, -0.2) is 17.6 Å². The summed E-state index contributed by atoms with van der Waals surface area (Å²) in [7, 11) is 0. The van der Waals surface area contributed by atoms with E-state index in [1.807, 2.05) is 6.20 Å². The molecule has 2 heteroatoms. The first-order valence-corrected chi connectivity index (χ1v) is 8.50. The molecule has 1 saturated carbocycles. The molecular weight excluding hydrogens is 244 g/mol. The Bertz CT molecular complexity index is 366. The van der Waals surface area contributed by atoms with Crippen molar-refractivity contribution < 1.29 is 0 Å². The Kier molecular flexibility index (Phi) is 6.52. The molecule has 0 spiro atoms. The molecule has 1 aromatic rings. The molecular formula is C18H30N2. The van der Waals surface area contributed by atoms with E-state index in [0.717, 1.165) is 25.3 Å². The van der Waals surface area contributed by atoms with Gasteiger partial charge in [0, 0.05) is 24.4 Å². The molecule has 1 aliphatic carbocycles. The van der Waals surface area contributed by atoms with Crippen molar-refractivity contribution in [2.45, 2.75) is 71.3 Å². The van der Waals surface area contributed by atoms with Crippen molar-refractivity contribution in [2.24, 2.45) is 5.92 Å². The first-order chi connectivity index (χ1) is 9.83. The van der Waals surface area contributed by atoms with E-state index in [1.165, 1.54) is 49.8 Å². The predicted molar refractivity (Wildman–Crippen MR) is 86.0 cm³/mol. The Morgan fingerprint density at radius 1 is 1.20 bits per heavy atom. The highest BCUT2D eigenvalue weighted by Gasteiger charge is 2.23. The van der Waals surface area contributed by atoms with E-state index in [9.17, 15) is 0 Å². The summed E-state index contributed by atoms with van der Waals surface area (Å²) in [6.07, 6.45) is 12.5. The van der Waals surface area contributed by atoms with Gasteiger partial charge in [-0.3, -0.25) is 4.98 Å². The van der Waals surface area contributed by atoms with Crippen LogP contribution in [0.3, 0.4) is 0 Å². The molecule has 1 N–H and O–H groups in total. The van der Waals surface area contributed by atoms with Crippen LogP contribution in [-0.2, 0) is 12.8 Å². The maximum Gasteiger partial charge on any atom is 0.0419 e. The predicted octanol–water partition coefficient (Wildman–Crippen LogP) is 4.14. The average Bonchev–Trinajstić information content (AvgIpc) is 2.53. The van der Waals surface area contributed by atoms with Crippen molar-refractivity contribution in [3.05, 3.63) is 29.6 Å². The summed E-state index contributed by atoms with van der Waals surface area (Å²) in [6.45, 7) is 5.57. The maximum atomic E-state index is 4.65. The van der Waals surface area contributed by atoms with E-state index in [1.54, 1.807) is 0 Å². The Balaban J connectivity index is 1.97. The third kappa shape index (κ3) is 4.59. The van der Waals surface area contributed by atoms with E-state index in [-0.39, 0.29) is 0 Å². The van der Waals surface area contributed by atoms with Crippen LogP contribution in [0.25, 0.3) is 0 Å². The lowest BCUT2D eigenvalue weighted by Crippen LogP contribution is -2.39. The molecule has 2 nitrogen and oxygen atoms in total. The highest BCUT2D eigenvalue weighted by molar-refractivity contribution is 5.15. The molecule has 1 fully saturated rings. The number of nitrogens with one attached hydrogen (secondary N) is 1. The average molecular weight is 274 g/mol. The molecule has 20 heavy (non-hydrogen) atoms. The van der Waals surface area contributed by atoms with Gasteiger partial charge in [-0.25, -0.2) is 0 Å². The molecule has 0 bridgehead atoms. The first kappa shape index (κ1) is 15.5. The van der Waals surface area contributed by atoms with Gasteiger partial charge in [-0.1, -0.05) is 39.2 Å². The fourth-order valence-corrected chi connectivity index (χ4v) is 3.28. The number of pyridine rings is 1. The van der Waals surface area contributed by atoms with Crippen molar-refractivity contribution in [2.75, 3.05) is 6.54 Å². The summed E-state index contributed by atoms with van der Waals surface area (Å²) in [5, 5.41) is 3.78. The zero-order chi connectivity index (χ0) is 14.2. The summed E-state index contributed by atoms with van der Waals surface area (Å²) in [4.78, 5) is 4.65. The second kappa shape index (κ2) is 8.41. The van der Waals surface area contributed by atoms with Gasteiger partial charge >= 0.3 is 0 Å². The van der Waals surface area contributed by atoms with Gasteiger partial charge in [-0.2, -0.15) is 0 Å². The quantitative estimate of drug-likeness (QED) is 0.808. The standard InChI is InChI=1S/C18H30N2/c1-3-12-19-18(16-8-6-5-7-9-16)13-17-11-10-15(4-2)14-20-17/h10-11,14,16,18-19H,3-9,12-13H2,1-2H3. The van der Waals surface area contributed by atoms with Gasteiger partial charge in [0.25, 0.3) is 0 Å². The Morgan fingerprint density at radius 3 is 2.60 bits per heavy atom. The Morgan fingerprint density at radius 2 is 2.00 bits per heavy atom. The van der Waals surface area contributed by atoms with Crippen molar-refractivity contribution >= 4 is 0 Å². The summed E-state index contributed by atoms with van der Waals surface area (Å²) < 4.78 is 0. The third-order valence-electron chi connectivity index (χ3n) is 4.60. The third-order valence-corrected chi connectivity index (χ3v) is 4.60. The first-order valence-electron chi connectivity index (χ1n) is 8.50. The fourth-order valence-electron chi connectivity index (χ4n) is 3.28. The van der Waals surface area contributed by atoms with Crippen LogP contribution >= 0.6 is 0 Å². The highest BCUT2D eigenvalue weighted by Crippen LogP contribution is 2.27. The van der Waals surface area contributed by atoms with E-state index < -0.39 is 0 Å². The van der Waals surface area contributed by atoms with E-state index in [2.05, 4.69) is 36.3 Å². The van der Waals surface area contributed by atoms with Gasteiger partial charge in [-0.05, 0) is 49.8 Å². The van der Waals surface area contributed by atoms with Crippen LogP contribution in [0, 0.1) is 5.92 Å². The molecule has 1 unspecified atom stereocenters. The SMILES string of the molecule is CCCNC(Cc1ccc(CC)cn1)C1CCCCC1. The van der Waals surface area contributed by atoms with Crippen LogP contribution < -0.4 is 5.32 Å². The minimum absolute atomic E-state index is 0.621. The highest BCUT2D eigenvalue weighted by atomic mass is 14.9. The fraction of sp³-hybridized carbons (Fsp3) is 0.722. The van der Waals surface area contributed by atoms with Crippen LogP contribution in [0.4, 0.5) is 0 Å². The lowest BCUT2D eigenvalue weighted by molar-refractivity contribution is 0.266. The second-order valence-corrected chi connectivity index (χ2v) is 6.17. The zero-order valence-electron chi connectivity index (χ0n) is 13.2. The summed E-state index contributed by atoms with van der Waals surface area (Å²) in [6, 6.07) is 5.08. The van der Waals surface area contributed by atoms with Gasteiger partial charge in [0.1, 0.15) is 0 Å². The number of aromatic nitrogens is 1. The summed E-state index contributed by atoms with van der Waals surface area (Å²) in [5.41, 5.74) is 2.59. The molecule has 1 atom stereocenters. The normalized spacial score (nSPS) is 18.1. The largest absolute Gasteiger partial charge is 0.313 e. The van der Waals surface area contributed by atoms with Gasteiger partial charge in [-0.15, -0.1) is 0 Å². The molecule has 1 aliphatic rings. The molecule has 1 heterocycles. The molecule has 1 aromatic heterocycles. The van der Waals surface area contributed by atoms with Crippen LogP contribution in [0.2, 0.25) is 0 Å². The summed E-state index contributed by atoms with van der Waals surface area (Å²) >= 11 is 0. The van der Waals surface area contributed by atoms with Gasteiger partial charge in [0.2, 0.25) is 0 Å². The van der Waals surface area contributed by atoms with Crippen molar-refractivity contribution in [1.29, 1.82) is 0 Å². The Hall–Kier alpha value is -0.890. The molecule has 0 aromatic carbocycles. The molecule has 0 radical (unpaired) electrons. The number of hydrogen-bond acceptors (Lipinski definition) is 2. The second-order valence-electron chi connectivity index (χ2n) is 6.17. The number of aryl methyl sites for hydroxylation is 1. The van der Waals surface area contributed by atoms with Crippen LogP contribution in [0.15, 0.2) is 18.3 Å². The molecule has 112 valence electrons. The topological polar surface area (TPSA) is 24.9 Å². The Labute approximate surface area is 124 Å². The van der Waals surface area contributed by atoms with Gasteiger partial charge in [0.15, 0.2) is 0 Å². The number of hydrogen-bond donors (Lipinski definition) is 1. The number of nitrogens with zero attached hydrogens (tertiary/aromatic N) is 1. The van der Waals surface area contributed by atoms with Gasteiger partial charge < -0.3 is 5.32 Å². The molecule has 2 rings (SSSR count). The van der Waals surface area contributed by atoms with Crippen molar-refractivity contribution in [1.82, 2.24) is 10.3 Å². The zero-order valence-corrected chi connectivity index (χ0v) is 13.2. The van der Waals surface area contributed by atoms with Crippen molar-refractivity contribution in [3.8, 4) is 0 Å². The van der Waals surface area contributed by atoms with E-state index >= 15 is 0 Å². The van der Waals surface area contributed by atoms with Crippen LogP contribution in [0.5, 0.6) is 0 Å². The van der Waals surface area contributed by atoms with E-state index in [0.29, 0.717) is 6.04 Å². The van der Waals surface area contributed by atoms with Crippen LogP contribution in [0.1, 0.15) is 63.6 Å². The smallest absolute Gasteiger partial charge is 0.0419 e. The molecule has 0 amide bonds. The maximum absolute atomic E-state index is 4.65. The molecule has 0 aliphatic heterocycles. The summed E-state index contributed by atoms with van der Waals surface area (Å²) in [5.74, 6) is 0.850. The lowest BCUT2D eigenvalue weighted by atomic mass is 9.82.